The van der Waals surface area contributed by atoms with Crippen LogP contribution in [0.4, 0.5) is 5.69 Å². The molecule has 4 nitrogen and oxygen atoms in total. The molecule has 0 radical (unpaired) electrons. The summed E-state index contributed by atoms with van der Waals surface area (Å²) in [5.41, 5.74) is 0.425. The van der Waals surface area contributed by atoms with Crippen molar-refractivity contribution in [2.24, 2.45) is 0 Å². The molecule has 5 heteroatoms. The first-order valence-electron chi connectivity index (χ1n) is 3.89. The van der Waals surface area contributed by atoms with E-state index in [1.54, 1.807) is 19.1 Å². The lowest BCUT2D eigenvalue weighted by atomic mass is 10.0. The van der Waals surface area contributed by atoms with E-state index in [1.165, 1.54) is 6.07 Å². The second-order valence-electron chi connectivity index (χ2n) is 2.81. The van der Waals surface area contributed by atoms with Gasteiger partial charge in [-0.1, -0.05) is 15.9 Å². The van der Waals surface area contributed by atoms with Crippen molar-refractivity contribution in [3.63, 3.8) is 0 Å². The van der Waals surface area contributed by atoms with Crippen LogP contribution in [0.15, 0.2) is 22.7 Å². The zero-order valence-electron chi connectivity index (χ0n) is 7.40. The van der Waals surface area contributed by atoms with Crippen LogP contribution in [0.1, 0.15) is 18.4 Å². The first kappa shape index (κ1) is 10.7. The minimum absolute atomic E-state index is 0.0200. The van der Waals surface area contributed by atoms with E-state index in [0.29, 0.717) is 10.0 Å². The van der Waals surface area contributed by atoms with Crippen LogP contribution in [-0.2, 0) is 0 Å². The average Bonchev–Trinajstić information content (AvgIpc) is 2.16. The van der Waals surface area contributed by atoms with Crippen molar-refractivity contribution < 1.29 is 4.92 Å². The second kappa shape index (κ2) is 4.20. The number of halogens is 1. The number of hydrogen-bond donors (Lipinski definition) is 0. The van der Waals surface area contributed by atoms with Crippen LogP contribution in [0.5, 0.6) is 0 Å². The average molecular weight is 255 g/mol. The van der Waals surface area contributed by atoms with Gasteiger partial charge in [-0.15, -0.1) is 0 Å². The molecule has 0 fully saturated rings. The van der Waals surface area contributed by atoms with Crippen molar-refractivity contribution in [3.8, 4) is 6.07 Å². The first-order valence-corrected chi connectivity index (χ1v) is 4.69. The van der Waals surface area contributed by atoms with Gasteiger partial charge in [0.2, 0.25) is 0 Å². The fraction of sp³-hybridized carbons (Fsp3) is 0.222. The summed E-state index contributed by atoms with van der Waals surface area (Å²) in [6, 6.07) is 6.67. The molecule has 0 spiro atoms. The highest BCUT2D eigenvalue weighted by atomic mass is 79.9. The molecule has 0 bridgehead atoms. The van der Waals surface area contributed by atoms with Crippen LogP contribution in [0.3, 0.4) is 0 Å². The van der Waals surface area contributed by atoms with Crippen molar-refractivity contribution in [1.29, 1.82) is 5.26 Å². The van der Waals surface area contributed by atoms with E-state index in [2.05, 4.69) is 15.9 Å². The number of hydrogen-bond acceptors (Lipinski definition) is 3. The number of rotatable bonds is 2. The highest BCUT2D eigenvalue weighted by Crippen LogP contribution is 2.28. The van der Waals surface area contributed by atoms with E-state index in [1.807, 2.05) is 6.07 Å². The van der Waals surface area contributed by atoms with Gasteiger partial charge in [0.1, 0.15) is 0 Å². The van der Waals surface area contributed by atoms with Gasteiger partial charge in [-0.05, 0) is 19.1 Å². The predicted molar refractivity (Wildman–Crippen MR) is 54.8 cm³/mol. The summed E-state index contributed by atoms with van der Waals surface area (Å²) in [4.78, 5) is 10.2. The smallest absolute Gasteiger partial charge is 0.258 e. The van der Waals surface area contributed by atoms with E-state index in [-0.39, 0.29) is 5.69 Å². The Labute approximate surface area is 89.4 Å². The lowest BCUT2D eigenvalue weighted by molar-refractivity contribution is -0.385. The first-order chi connectivity index (χ1) is 6.56. The summed E-state index contributed by atoms with van der Waals surface area (Å²) in [7, 11) is 0. The van der Waals surface area contributed by atoms with E-state index in [9.17, 15) is 10.1 Å². The monoisotopic (exact) mass is 254 g/mol. The summed E-state index contributed by atoms with van der Waals surface area (Å²) in [6.45, 7) is 1.64. The molecule has 1 atom stereocenters. The summed E-state index contributed by atoms with van der Waals surface area (Å²) >= 11 is 3.15. The van der Waals surface area contributed by atoms with Gasteiger partial charge in [0.25, 0.3) is 5.69 Å². The Balaban J connectivity index is 3.30. The Morgan fingerprint density at radius 1 is 1.64 bits per heavy atom. The quantitative estimate of drug-likeness (QED) is 0.602. The molecule has 0 aliphatic heterocycles. The van der Waals surface area contributed by atoms with Gasteiger partial charge in [0.05, 0.1) is 16.9 Å². The SMILES string of the molecule is CC(C#N)c1ccc(Br)cc1[N+](=O)[O-]. The summed E-state index contributed by atoms with van der Waals surface area (Å²) in [5, 5.41) is 19.3. The van der Waals surface area contributed by atoms with E-state index in [0.717, 1.165) is 0 Å². The maximum atomic E-state index is 10.7. The molecular formula is C9H7BrN2O2. The van der Waals surface area contributed by atoms with Crippen molar-refractivity contribution in [3.05, 3.63) is 38.3 Å². The zero-order chi connectivity index (χ0) is 10.7. The van der Waals surface area contributed by atoms with Crippen LogP contribution in [0.2, 0.25) is 0 Å². The van der Waals surface area contributed by atoms with Gasteiger partial charge in [-0.2, -0.15) is 5.26 Å². The molecule has 0 saturated carbocycles. The van der Waals surface area contributed by atoms with Gasteiger partial charge in [-0.3, -0.25) is 10.1 Å². The Kier molecular flexibility index (Phi) is 3.20. The molecule has 1 aromatic carbocycles. The van der Waals surface area contributed by atoms with Crippen molar-refractivity contribution in [1.82, 2.24) is 0 Å². The highest BCUT2D eigenvalue weighted by Gasteiger charge is 2.18. The van der Waals surface area contributed by atoms with Crippen molar-refractivity contribution >= 4 is 21.6 Å². The third kappa shape index (κ3) is 2.09. The number of benzene rings is 1. The zero-order valence-corrected chi connectivity index (χ0v) is 8.98. The maximum absolute atomic E-state index is 10.7. The second-order valence-corrected chi connectivity index (χ2v) is 3.73. The Morgan fingerprint density at radius 3 is 2.79 bits per heavy atom. The minimum atomic E-state index is -0.478. The molecule has 0 heterocycles. The molecule has 1 unspecified atom stereocenters. The standard InChI is InChI=1S/C9H7BrN2O2/c1-6(5-11)8-3-2-7(10)4-9(8)12(13)14/h2-4,6H,1H3. The molecule has 1 aromatic rings. The fourth-order valence-corrected chi connectivity index (χ4v) is 1.46. The van der Waals surface area contributed by atoms with Gasteiger partial charge in [0, 0.05) is 16.1 Å². The van der Waals surface area contributed by atoms with E-state index in [4.69, 9.17) is 5.26 Å². The molecule has 0 aliphatic carbocycles. The van der Waals surface area contributed by atoms with Crippen LogP contribution in [-0.4, -0.2) is 4.92 Å². The highest BCUT2D eigenvalue weighted by molar-refractivity contribution is 9.10. The Hall–Kier alpha value is -1.41. The van der Waals surface area contributed by atoms with Crippen LogP contribution >= 0.6 is 15.9 Å². The summed E-state index contributed by atoms with van der Waals surface area (Å²) in [6.07, 6.45) is 0. The molecule has 0 aromatic heterocycles. The van der Waals surface area contributed by atoms with E-state index < -0.39 is 10.8 Å². The maximum Gasteiger partial charge on any atom is 0.275 e. The molecule has 72 valence electrons. The number of nitro groups is 1. The normalized spacial score (nSPS) is 11.8. The Morgan fingerprint density at radius 2 is 2.29 bits per heavy atom. The summed E-state index contributed by atoms with van der Waals surface area (Å²) < 4.78 is 0.637. The largest absolute Gasteiger partial charge is 0.275 e. The van der Waals surface area contributed by atoms with Gasteiger partial charge in [-0.25, -0.2) is 0 Å². The van der Waals surface area contributed by atoms with Crippen molar-refractivity contribution in [2.45, 2.75) is 12.8 Å². The minimum Gasteiger partial charge on any atom is -0.258 e. The number of nitriles is 1. The third-order valence-corrected chi connectivity index (χ3v) is 2.34. The van der Waals surface area contributed by atoms with Gasteiger partial charge >= 0.3 is 0 Å². The Bertz CT molecular complexity index is 412. The molecule has 14 heavy (non-hydrogen) atoms. The van der Waals surface area contributed by atoms with Gasteiger partial charge in [0.15, 0.2) is 0 Å². The predicted octanol–water partition coefficient (Wildman–Crippen LogP) is 2.98. The molecular weight excluding hydrogens is 248 g/mol. The van der Waals surface area contributed by atoms with Crippen molar-refractivity contribution in [2.75, 3.05) is 0 Å². The third-order valence-electron chi connectivity index (χ3n) is 1.85. The molecule has 0 amide bonds. The van der Waals surface area contributed by atoms with Crippen LogP contribution in [0.25, 0.3) is 0 Å². The number of nitro benzene ring substituents is 1. The van der Waals surface area contributed by atoms with Crippen LogP contribution in [0, 0.1) is 21.4 Å². The van der Waals surface area contributed by atoms with E-state index >= 15 is 0 Å². The lowest BCUT2D eigenvalue weighted by Crippen LogP contribution is -1.98. The van der Waals surface area contributed by atoms with Crippen LogP contribution < -0.4 is 0 Å². The van der Waals surface area contributed by atoms with Gasteiger partial charge < -0.3 is 0 Å². The topological polar surface area (TPSA) is 66.9 Å². The summed E-state index contributed by atoms with van der Waals surface area (Å²) in [5.74, 6) is -0.469. The molecule has 0 N–H and O–H groups in total. The fourth-order valence-electron chi connectivity index (χ4n) is 1.11. The molecule has 0 saturated heterocycles. The molecule has 1 rings (SSSR count). The lowest BCUT2D eigenvalue weighted by Gasteiger charge is -2.03. The molecule has 0 aliphatic rings. The number of nitrogens with zero attached hydrogens (tertiary/aromatic N) is 2.